The number of likely N-dealkylation sites (tertiary alicyclic amines) is 1. The number of amides is 1. The summed E-state index contributed by atoms with van der Waals surface area (Å²) in [6.45, 7) is 3.58. The molecular weight excluding hydrogens is 371 g/mol. The zero-order chi connectivity index (χ0) is 20.4. The fraction of sp³-hybridized carbons (Fsp3) is 0.545. The molecule has 1 atom stereocenters. The van der Waals surface area contributed by atoms with Crippen LogP contribution in [0.15, 0.2) is 36.7 Å². The highest BCUT2D eigenvalue weighted by molar-refractivity contribution is 5.78. The Morgan fingerprint density at radius 3 is 2.79 bits per heavy atom. The number of nitrogens with zero attached hydrogens (tertiary/aromatic N) is 4. The van der Waals surface area contributed by atoms with Crippen molar-refractivity contribution in [3.63, 3.8) is 0 Å². The average Bonchev–Trinajstić information content (AvgIpc) is 3.22. The van der Waals surface area contributed by atoms with Gasteiger partial charge < -0.3 is 14.5 Å². The van der Waals surface area contributed by atoms with Gasteiger partial charge in [0.1, 0.15) is 5.82 Å². The summed E-state index contributed by atoms with van der Waals surface area (Å²) in [7, 11) is 3.59. The molecule has 1 amide bonds. The van der Waals surface area contributed by atoms with E-state index in [1.165, 1.54) is 5.56 Å². The first-order valence-corrected chi connectivity index (χ1v) is 10.3. The maximum absolute atomic E-state index is 13.9. The zero-order valence-electron chi connectivity index (χ0n) is 17.2. The first-order valence-electron chi connectivity index (χ1n) is 10.3. The highest BCUT2D eigenvalue weighted by Crippen LogP contribution is 2.41. The Bertz CT molecular complexity index is 845. The SMILES string of the molecule is CN(C)C(=O)C(CN1CCC2(CC1)OCCc1ccc(F)cc12)Cn1cccn1. The van der Waals surface area contributed by atoms with E-state index >= 15 is 0 Å². The Kier molecular flexibility index (Phi) is 5.69. The monoisotopic (exact) mass is 400 g/mol. The van der Waals surface area contributed by atoms with Crippen LogP contribution in [-0.2, 0) is 28.1 Å². The summed E-state index contributed by atoms with van der Waals surface area (Å²) in [5, 5.41) is 4.26. The smallest absolute Gasteiger partial charge is 0.228 e. The maximum atomic E-state index is 13.9. The zero-order valence-corrected chi connectivity index (χ0v) is 17.2. The van der Waals surface area contributed by atoms with Crippen LogP contribution >= 0.6 is 0 Å². The first kappa shape index (κ1) is 20.0. The van der Waals surface area contributed by atoms with Crippen LogP contribution in [0.25, 0.3) is 0 Å². The molecule has 1 saturated heterocycles. The second-order valence-corrected chi connectivity index (χ2v) is 8.35. The molecule has 29 heavy (non-hydrogen) atoms. The lowest BCUT2D eigenvalue weighted by Gasteiger charge is -2.45. The molecule has 0 radical (unpaired) electrons. The van der Waals surface area contributed by atoms with Gasteiger partial charge in [-0.15, -0.1) is 0 Å². The lowest BCUT2D eigenvalue weighted by molar-refractivity contribution is -0.135. The molecule has 0 bridgehead atoms. The van der Waals surface area contributed by atoms with Crippen molar-refractivity contribution in [2.45, 2.75) is 31.4 Å². The summed E-state index contributed by atoms with van der Waals surface area (Å²) < 4.78 is 22.0. The predicted molar refractivity (Wildman–Crippen MR) is 108 cm³/mol. The molecule has 7 heteroatoms. The van der Waals surface area contributed by atoms with E-state index in [0.717, 1.165) is 37.9 Å². The Labute approximate surface area is 171 Å². The van der Waals surface area contributed by atoms with Gasteiger partial charge in [0, 0.05) is 46.1 Å². The molecule has 1 aromatic carbocycles. The summed E-state index contributed by atoms with van der Waals surface area (Å²) in [5.41, 5.74) is 1.82. The first-order chi connectivity index (χ1) is 14.0. The van der Waals surface area contributed by atoms with E-state index in [1.807, 2.05) is 23.0 Å². The van der Waals surface area contributed by atoms with Crippen LogP contribution in [0.3, 0.4) is 0 Å². The minimum absolute atomic E-state index is 0.113. The predicted octanol–water partition coefficient (Wildman–Crippen LogP) is 2.29. The molecule has 2 aliphatic heterocycles. The molecule has 1 spiro atoms. The Balaban J connectivity index is 1.45. The van der Waals surface area contributed by atoms with E-state index in [0.29, 0.717) is 19.7 Å². The Morgan fingerprint density at radius 2 is 2.10 bits per heavy atom. The molecule has 2 aliphatic rings. The minimum atomic E-state index is -0.394. The van der Waals surface area contributed by atoms with Crippen LogP contribution in [0.5, 0.6) is 0 Å². The number of piperidine rings is 1. The van der Waals surface area contributed by atoms with Crippen LogP contribution in [0.4, 0.5) is 4.39 Å². The number of benzene rings is 1. The van der Waals surface area contributed by atoms with Crippen molar-refractivity contribution in [3.8, 4) is 0 Å². The number of carbonyl (C=O) groups is 1. The van der Waals surface area contributed by atoms with Crippen LogP contribution in [-0.4, -0.2) is 65.8 Å². The average molecular weight is 400 g/mol. The van der Waals surface area contributed by atoms with Crippen molar-refractivity contribution in [1.29, 1.82) is 0 Å². The van der Waals surface area contributed by atoms with Crippen molar-refractivity contribution in [3.05, 3.63) is 53.6 Å². The number of ether oxygens (including phenoxy) is 1. The third kappa shape index (κ3) is 4.21. The third-order valence-electron chi connectivity index (χ3n) is 6.21. The van der Waals surface area contributed by atoms with Gasteiger partial charge in [0.05, 0.1) is 24.7 Å². The molecule has 0 saturated carbocycles. The fourth-order valence-corrected chi connectivity index (χ4v) is 4.66. The molecule has 2 aromatic rings. The summed E-state index contributed by atoms with van der Waals surface area (Å²) in [6.07, 6.45) is 6.09. The lowest BCUT2D eigenvalue weighted by atomic mass is 9.79. The molecule has 1 unspecified atom stereocenters. The largest absolute Gasteiger partial charge is 0.370 e. The molecule has 4 rings (SSSR count). The van der Waals surface area contributed by atoms with Crippen LogP contribution in [0.1, 0.15) is 24.0 Å². The number of hydrogen-bond acceptors (Lipinski definition) is 4. The lowest BCUT2D eigenvalue weighted by Crippen LogP contribution is -2.49. The van der Waals surface area contributed by atoms with Crippen molar-refractivity contribution in [2.75, 3.05) is 40.3 Å². The van der Waals surface area contributed by atoms with Crippen LogP contribution in [0, 0.1) is 11.7 Å². The number of carbonyl (C=O) groups excluding carboxylic acids is 1. The van der Waals surface area contributed by atoms with Gasteiger partial charge >= 0.3 is 0 Å². The molecule has 3 heterocycles. The Hall–Kier alpha value is -2.25. The van der Waals surface area contributed by atoms with Gasteiger partial charge in [-0.25, -0.2) is 4.39 Å². The quantitative estimate of drug-likeness (QED) is 0.773. The van der Waals surface area contributed by atoms with E-state index < -0.39 is 5.60 Å². The molecule has 156 valence electrons. The molecule has 1 aromatic heterocycles. The van der Waals surface area contributed by atoms with Gasteiger partial charge in [0.15, 0.2) is 0 Å². The maximum Gasteiger partial charge on any atom is 0.228 e. The topological polar surface area (TPSA) is 50.6 Å². The minimum Gasteiger partial charge on any atom is -0.370 e. The van der Waals surface area contributed by atoms with Crippen molar-refractivity contribution in [2.24, 2.45) is 5.92 Å². The van der Waals surface area contributed by atoms with E-state index in [2.05, 4.69) is 10.00 Å². The number of halogens is 1. The highest BCUT2D eigenvalue weighted by Gasteiger charge is 2.41. The van der Waals surface area contributed by atoms with Crippen LogP contribution in [0.2, 0.25) is 0 Å². The van der Waals surface area contributed by atoms with Gasteiger partial charge in [0.25, 0.3) is 0 Å². The molecule has 1 fully saturated rings. The van der Waals surface area contributed by atoms with Crippen molar-refractivity contribution in [1.82, 2.24) is 19.6 Å². The number of hydrogen-bond donors (Lipinski definition) is 0. The fourth-order valence-electron chi connectivity index (χ4n) is 4.66. The standard InChI is InChI=1S/C22H29FN4O2/c1-25(2)21(28)18(16-27-10-3-9-24-27)15-26-11-7-22(8-12-26)20-14-19(23)5-4-17(20)6-13-29-22/h3-5,9-10,14,18H,6-8,11-13,15-16H2,1-2H3. The molecule has 0 N–H and O–H groups in total. The van der Waals surface area contributed by atoms with E-state index in [4.69, 9.17) is 4.74 Å². The van der Waals surface area contributed by atoms with Gasteiger partial charge in [-0.1, -0.05) is 6.07 Å². The summed E-state index contributed by atoms with van der Waals surface area (Å²) in [5.74, 6) is -0.245. The van der Waals surface area contributed by atoms with E-state index in [1.54, 1.807) is 37.3 Å². The highest BCUT2D eigenvalue weighted by atomic mass is 19.1. The second-order valence-electron chi connectivity index (χ2n) is 8.35. The Morgan fingerprint density at radius 1 is 1.31 bits per heavy atom. The summed E-state index contributed by atoms with van der Waals surface area (Å²) >= 11 is 0. The third-order valence-corrected chi connectivity index (χ3v) is 6.21. The molecule has 6 nitrogen and oxygen atoms in total. The molecule has 0 aliphatic carbocycles. The summed E-state index contributed by atoms with van der Waals surface area (Å²) in [6, 6.07) is 6.97. The van der Waals surface area contributed by atoms with E-state index in [9.17, 15) is 9.18 Å². The second kappa shape index (κ2) is 8.24. The number of aromatic nitrogens is 2. The van der Waals surface area contributed by atoms with Gasteiger partial charge in [0.2, 0.25) is 5.91 Å². The van der Waals surface area contributed by atoms with Gasteiger partial charge in [-0.05, 0) is 48.6 Å². The van der Waals surface area contributed by atoms with Crippen LogP contribution < -0.4 is 0 Å². The number of fused-ring (bicyclic) bond motifs is 2. The van der Waals surface area contributed by atoms with Gasteiger partial charge in [-0.2, -0.15) is 5.10 Å². The van der Waals surface area contributed by atoms with Crippen molar-refractivity contribution < 1.29 is 13.9 Å². The van der Waals surface area contributed by atoms with Crippen molar-refractivity contribution >= 4 is 5.91 Å². The number of rotatable bonds is 5. The van der Waals surface area contributed by atoms with Gasteiger partial charge in [-0.3, -0.25) is 9.48 Å². The van der Waals surface area contributed by atoms with E-state index in [-0.39, 0.29) is 17.6 Å². The normalized spacial score (nSPS) is 19.7. The molecular formula is C22H29FN4O2. The summed E-state index contributed by atoms with van der Waals surface area (Å²) in [4.78, 5) is 16.7.